The smallest absolute Gasteiger partial charge is 0.232 e. The Balaban J connectivity index is 2.43. The van der Waals surface area contributed by atoms with Gasteiger partial charge < -0.3 is 10.1 Å². The largest absolute Gasteiger partial charge is 0.492 e. The van der Waals surface area contributed by atoms with Gasteiger partial charge in [-0.05, 0) is 12.5 Å². The van der Waals surface area contributed by atoms with E-state index in [0.29, 0.717) is 17.9 Å². The molecule has 0 spiro atoms. The highest BCUT2D eigenvalue weighted by molar-refractivity contribution is 5.50. The van der Waals surface area contributed by atoms with Gasteiger partial charge in [0, 0.05) is 6.20 Å². The highest BCUT2D eigenvalue weighted by Crippen LogP contribution is 2.19. The van der Waals surface area contributed by atoms with Gasteiger partial charge in [0.25, 0.3) is 0 Å². The van der Waals surface area contributed by atoms with E-state index < -0.39 is 0 Å². The number of nitrogens with zero attached hydrogens (tertiary/aromatic N) is 3. The van der Waals surface area contributed by atoms with Crippen molar-refractivity contribution in [2.75, 3.05) is 0 Å². The van der Waals surface area contributed by atoms with Crippen LogP contribution in [-0.2, 0) is 6.42 Å². The van der Waals surface area contributed by atoms with E-state index in [1.165, 1.54) is 6.33 Å². The summed E-state index contributed by atoms with van der Waals surface area (Å²) in [6.07, 6.45) is 3.79. The Kier molecular flexibility index (Phi) is 2.14. The fraction of sp³-hybridized carbons (Fsp3) is 0.222. The van der Waals surface area contributed by atoms with Crippen LogP contribution in [-0.4, -0.2) is 25.0 Å². The molecule has 0 radical (unpaired) electrons. The Morgan fingerprint density at radius 3 is 2.93 bits per heavy atom. The Hall–Kier alpha value is -1.91. The fourth-order valence-electron chi connectivity index (χ4n) is 1.20. The molecule has 0 aliphatic heterocycles. The van der Waals surface area contributed by atoms with Crippen LogP contribution < -0.4 is 0 Å². The molecular weight excluding hydrogens is 180 g/mol. The first-order valence-electron chi connectivity index (χ1n) is 4.35. The third-order valence-electron chi connectivity index (χ3n) is 1.94. The van der Waals surface area contributed by atoms with E-state index in [-0.39, 0.29) is 5.88 Å². The molecule has 0 saturated heterocycles. The van der Waals surface area contributed by atoms with Crippen LogP contribution in [0.4, 0.5) is 0 Å². The average molecular weight is 190 g/mol. The molecule has 5 nitrogen and oxygen atoms in total. The Bertz CT molecular complexity index is 424. The molecule has 0 bridgehead atoms. The molecule has 2 heterocycles. The van der Waals surface area contributed by atoms with E-state index in [4.69, 9.17) is 0 Å². The second kappa shape index (κ2) is 3.45. The molecule has 0 fully saturated rings. The number of rotatable bonds is 2. The number of imidazole rings is 1. The summed E-state index contributed by atoms with van der Waals surface area (Å²) in [5, 5.41) is 9.41. The summed E-state index contributed by atoms with van der Waals surface area (Å²) in [6, 6.07) is 1.73. The molecule has 0 atom stereocenters. The minimum atomic E-state index is 0.0427. The number of aryl methyl sites for hydroxylation is 1. The molecule has 2 N–H and O–H groups in total. The molecule has 72 valence electrons. The topological polar surface area (TPSA) is 74.7 Å². The van der Waals surface area contributed by atoms with Crippen molar-refractivity contribution < 1.29 is 5.11 Å². The van der Waals surface area contributed by atoms with Gasteiger partial charge in [0.1, 0.15) is 12.0 Å². The second-order valence-corrected chi connectivity index (χ2v) is 2.84. The molecule has 14 heavy (non-hydrogen) atoms. The van der Waals surface area contributed by atoms with Crippen LogP contribution in [0.3, 0.4) is 0 Å². The van der Waals surface area contributed by atoms with Gasteiger partial charge in [-0.25, -0.2) is 9.97 Å². The van der Waals surface area contributed by atoms with E-state index in [1.807, 2.05) is 6.92 Å². The fourth-order valence-corrected chi connectivity index (χ4v) is 1.20. The molecule has 2 aromatic heterocycles. The predicted molar refractivity (Wildman–Crippen MR) is 50.7 cm³/mol. The van der Waals surface area contributed by atoms with E-state index in [0.717, 1.165) is 5.69 Å². The number of aromatic amines is 1. The molecule has 0 aromatic carbocycles. The van der Waals surface area contributed by atoms with E-state index in [2.05, 4.69) is 19.9 Å². The summed E-state index contributed by atoms with van der Waals surface area (Å²) in [5.74, 6) is 0.614. The van der Waals surface area contributed by atoms with E-state index in [9.17, 15) is 5.11 Å². The van der Waals surface area contributed by atoms with Gasteiger partial charge in [-0.3, -0.25) is 0 Å². The first-order chi connectivity index (χ1) is 6.81. The lowest BCUT2D eigenvalue weighted by Gasteiger charge is -1.92. The maximum Gasteiger partial charge on any atom is 0.232 e. The summed E-state index contributed by atoms with van der Waals surface area (Å²) >= 11 is 0. The normalized spacial score (nSPS) is 10.4. The maximum absolute atomic E-state index is 9.41. The molecule has 2 rings (SSSR count). The molecular formula is C9H10N4O. The number of nitrogens with one attached hydrogen (secondary N) is 1. The van der Waals surface area contributed by atoms with E-state index >= 15 is 0 Å². The third-order valence-corrected chi connectivity index (χ3v) is 1.94. The summed E-state index contributed by atoms with van der Waals surface area (Å²) in [7, 11) is 0. The van der Waals surface area contributed by atoms with Crippen LogP contribution in [0.5, 0.6) is 5.88 Å². The lowest BCUT2D eigenvalue weighted by Crippen LogP contribution is -1.86. The third kappa shape index (κ3) is 1.44. The summed E-state index contributed by atoms with van der Waals surface area (Å²) in [4.78, 5) is 14.8. The van der Waals surface area contributed by atoms with Crippen LogP contribution in [0.15, 0.2) is 18.6 Å². The molecule has 0 amide bonds. The van der Waals surface area contributed by atoms with Crippen LogP contribution >= 0.6 is 0 Å². The molecule has 0 saturated carbocycles. The number of hydrogen-bond acceptors (Lipinski definition) is 4. The Morgan fingerprint density at radius 2 is 2.36 bits per heavy atom. The van der Waals surface area contributed by atoms with Crippen LogP contribution in [0, 0.1) is 0 Å². The zero-order valence-electron chi connectivity index (χ0n) is 7.73. The Morgan fingerprint density at radius 1 is 1.50 bits per heavy atom. The zero-order chi connectivity index (χ0) is 9.97. The van der Waals surface area contributed by atoms with Crippen molar-refractivity contribution in [2.45, 2.75) is 13.3 Å². The average Bonchev–Trinajstić information content (AvgIpc) is 2.61. The van der Waals surface area contributed by atoms with Crippen LogP contribution in [0.2, 0.25) is 0 Å². The van der Waals surface area contributed by atoms with Crippen LogP contribution in [0.25, 0.3) is 11.5 Å². The number of aromatic hydroxyl groups is 1. The number of aromatic nitrogens is 4. The van der Waals surface area contributed by atoms with Crippen molar-refractivity contribution in [1.82, 2.24) is 19.9 Å². The molecule has 2 aromatic rings. The maximum atomic E-state index is 9.41. The monoisotopic (exact) mass is 190 g/mol. The van der Waals surface area contributed by atoms with Gasteiger partial charge in [-0.15, -0.1) is 0 Å². The standard InChI is InChI=1S/C9H10N4O/c1-2-6-9(14)13-8(12-6)7-3-4-10-5-11-7/h3-5,14H,2H2,1H3,(H,12,13). The van der Waals surface area contributed by atoms with Crippen molar-refractivity contribution >= 4 is 0 Å². The predicted octanol–water partition coefficient (Wildman–Crippen LogP) is 1.13. The first kappa shape index (κ1) is 8.68. The van der Waals surface area contributed by atoms with Gasteiger partial charge in [0.2, 0.25) is 5.88 Å². The molecule has 5 heteroatoms. The highest BCUT2D eigenvalue weighted by Gasteiger charge is 2.09. The summed E-state index contributed by atoms with van der Waals surface area (Å²) < 4.78 is 0. The molecule has 0 aliphatic carbocycles. The second-order valence-electron chi connectivity index (χ2n) is 2.84. The van der Waals surface area contributed by atoms with Gasteiger partial charge in [-0.1, -0.05) is 6.92 Å². The first-order valence-corrected chi connectivity index (χ1v) is 4.35. The molecule has 0 unspecified atom stereocenters. The lowest BCUT2D eigenvalue weighted by molar-refractivity contribution is 0.450. The lowest BCUT2D eigenvalue weighted by atomic mass is 10.3. The zero-order valence-corrected chi connectivity index (χ0v) is 7.73. The quantitative estimate of drug-likeness (QED) is 0.744. The van der Waals surface area contributed by atoms with Gasteiger partial charge >= 0.3 is 0 Å². The van der Waals surface area contributed by atoms with Gasteiger partial charge in [0.05, 0.1) is 5.69 Å². The van der Waals surface area contributed by atoms with Crippen LogP contribution in [0.1, 0.15) is 12.6 Å². The molecule has 0 aliphatic rings. The SMILES string of the molecule is CCc1[nH]c(-c2ccncn2)nc1O. The number of hydrogen-bond donors (Lipinski definition) is 2. The summed E-state index contributed by atoms with van der Waals surface area (Å²) in [5.41, 5.74) is 1.40. The van der Waals surface area contributed by atoms with Crippen molar-refractivity contribution in [3.8, 4) is 17.4 Å². The van der Waals surface area contributed by atoms with Gasteiger partial charge in [-0.2, -0.15) is 4.98 Å². The van der Waals surface area contributed by atoms with E-state index in [1.54, 1.807) is 12.3 Å². The highest BCUT2D eigenvalue weighted by atomic mass is 16.3. The minimum Gasteiger partial charge on any atom is -0.492 e. The van der Waals surface area contributed by atoms with Crippen molar-refractivity contribution in [3.05, 3.63) is 24.3 Å². The van der Waals surface area contributed by atoms with Crippen molar-refractivity contribution in [2.24, 2.45) is 0 Å². The van der Waals surface area contributed by atoms with Gasteiger partial charge in [0.15, 0.2) is 5.82 Å². The summed E-state index contributed by atoms with van der Waals surface area (Å²) in [6.45, 7) is 1.94. The Labute approximate surface area is 80.9 Å². The number of H-pyrrole nitrogens is 1. The minimum absolute atomic E-state index is 0.0427. The van der Waals surface area contributed by atoms with Crippen molar-refractivity contribution in [3.63, 3.8) is 0 Å². The van der Waals surface area contributed by atoms with Crippen molar-refractivity contribution in [1.29, 1.82) is 0 Å².